The lowest BCUT2D eigenvalue weighted by molar-refractivity contribution is -0.141. The second kappa shape index (κ2) is 9.60. The van der Waals surface area contributed by atoms with Crippen LogP contribution in [0.1, 0.15) is 70.9 Å². The van der Waals surface area contributed by atoms with Gasteiger partial charge in [0, 0.05) is 24.9 Å². The maximum Gasteiger partial charge on any atom is 0.407 e. The molecule has 1 aliphatic carbocycles. The Bertz CT molecular complexity index is 819. The lowest BCUT2D eigenvalue weighted by Gasteiger charge is -2.42. The van der Waals surface area contributed by atoms with Crippen molar-refractivity contribution >= 4 is 12.0 Å². The Balaban J connectivity index is 1.54. The fourth-order valence-electron chi connectivity index (χ4n) is 4.88. The third-order valence-electron chi connectivity index (χ3n) is 6.39. The van der Waals surface area contributed by atoms with Crippen LogP contribution in [0.2, 0.25) is 0 Å². The number of hydrogen-bond acceptors (Lipinski definition) is 7. The molecule has 4 heterocycles. The zero-order chi connectivity index (χ0) is 22.7. The minimum absolute atomic E-state index is 0.114. The lowest BCUT2D eigenvalue weighted by atomic mass is 9.85. The first kappa shape index (κ1) is 22.8. The molecule has 2 unspecified atom stereocenters. The first-order valence-corrected chi connectivity index (χ1v) is 11.6. The van der Waals surface area contributed by atoms with E-state index in [1.807, 2.05) is 20.8 Å². The maximum absolute atomic E-state index is 13.2. The standard InChI is InChI=1S/C23H34N4O5/c1-23(2,3)32-22(29)26-17-5-4-12-27-18(17)13-30-16-8-6-15(7-9-16)20-21(25-11-10-24-20)31-14-19(27)28/h10-11,15-18H,4-9,12-14H2,1-3H3,(H,26,29)/t15-,16+,17?,18?. The largest absolute Gasteiger partial charge is 0.466 e. The summed E-state index contributed by atoms with van der Waals surface area (Å²) in [6, 6.07) is -0.511. The van der Waals surface area contributed by atoms with Crippen LogP contribution in [0.5, 0.6) is 5.88 Å². The molecule has 1 aromatic heterocycles. The molecule has 5 rings (SSSR count). The van der Waals surface area contributed by atoms with Crippen molar-refractivity contribution in [3.63, 3.8) is 0 Å². The van der Waals surface area contributed by atoms with Crippen molar-refractivity contribution in [2.75, 3.05) is 19.8 Å². The van der Waals surface area contributed by atoms with Crippen LogP contribution < -0.4 is 10.1 Å². The average Bonchev–Trinajstić information content (AvgIpc) is 2.76. The third-order valence-corrected chi connectivity index (χ3v) is 6.39. The van der Waals surface area contributed by atoms with Gasteiger partial charge >= 0.3 is 6.09 Å². The smallest absolute Gasteiger partial charge is 0.407 e. The van der Waals surface area contributed by atoms with Crippen molar-refractivity contribution in [3.8, 4) is 5.88 Å². The van der Waals surface area contributed by atoms with Gasteiger partial charge in [-0.1, -0.05) is 0 Å². The molecule has 3 aliphatic heterocycles. The van der Waals surface area contributed by atoms with Crippen LogP contribution in [-0.4, -0.2) is 70.4 Å². The highest BCUT2D eigenvalue weighted by atomic mass is 16.6. The molecule has 176 valence electrons. The Morgan fingerprint density at radius 2 is 1.91 bits per heavy atom. The highest BCUT2D eigenvalue weighted by Gasteiger charge is 2.38. The molecule has 1 saturated carbocycles. The number of nitrogens with zero attached hydrogens (tertiary/aromatic N) is 3. The van der Waals surface area contributed by atoms with E-state index in [2.05, 4.69) is 15.3 Å². The van der Waals surface area contributed by atoms with Crippen molar-refractivity contribution < 1.29 is 23.8 Å². The number of hydrogen-bond donors (Lipinski definition) is 1. The molecule has 2 amide bonds. The quantitative estimate of drug-likeness (QED) is 0.707. The van der Waals surface area contributed by atoms with Crippen molar-refractivity contribution in [2.24, 2.45) is 0 Å². The van der Waals surface area contributed by atoms with Crippen molar-refractivity contribution in [2.45, 2.75) is 89.0 Å². The molecule has 0 spiro atoms. The summed E-state index contributed by atoms with van der Waals surface area (Å²) >= 11 is 0. The van der Waals surface area contributed by atoms with E-state index in [1.54, 1.807) is 17.3 Å². The number of alkyl carbamates (subject to hydrolysis) is 1. The number of aromatic nitrogens is 2. The SMILES string of the molecule is CC(C)(C)OC(=O)NC1CCCN2C(=O)COc3nccnc3[C@H]3CC[C@H](CC3)OCC12. The van der Waals surface area contributed by atoms with Gasteiger partial charge in [0.2, 0.25) is 5.88 Å². The summed E-state index contributed by atoms with van der Waals surface area (Å²) in [6.45, 7) is 6.37. The molecule has 0 radical (unpaired) electrons. The number of fused-ring (bicyclic) bond motifs is 5. The van der Waals surface area contributed by atoms with Crippen LogP contribution in [0.25, 0.3) is 0 Å². The van der Waals surface area contributed by atoms with Crippen LogP contribution in [0.15, 0.2) is 12.4 Å². The molecule has 2 atom stereocenters. The molecule has 9 heteroatoms. The zero-order valence-corrected chi connectivity index (χ0v) is 19.2. The highest BCUT2D eigenvalue weighted by Crippen LogP contribution is 2.37. The van der Waals surface area contributed by atoms with Gasteiger partial charge < -0.3 is 24.4 Å². The summed E-state index contributed by atoms with van der Waals surface area (Å²) < 4.78 is 17.6. The fraction of sp³-hybridized carbons (Fsp3) is 0.739. The van der Waals surface area contributed by atoms with Crippen LogP contribution in [0, 0.1) is 0 Å². The number of piperidine rings is 1. The Hall–Kier alpha value is -2.42. The first-order valence-electron chi connectivity index (χ1n) is 11.6. The molecule has 1 saturated heterocycles. The molecule has 2 bridgehead atoms. The van der Waals surface area contributed by atoms with Crippen LogP contribution in [-0.2, 0) is 14.3 Å². The van der Waals surface area contributed by atoms with Crippen molar-refractivity contribution in [1.82, 2.24) is 20.2 Å². The van der Waals surface area contributed by atoms with E-state index in [4.69, 9.17) is 14.2 Å². The Morgan fingerprint density at radius 3 is 2.66 bits per heavy atom. The number of rotatable bonds is 1. The summed E-state index contributed by atoms with van der Waals surface area (Å²) in [5.74, 6) is 0.567. The van der Waals surface area contributed by atoms with Gasteiger partial charge in [-0.25, -0.2) is 9.78 Å². The van der Waals surface area contributed by atoms with Gasteiger partial charge in [0.1, 0.15) is 11.3 Å². The molecule has 32 heavy (non-hydrogen) atoms. The van der Waals surface area contributed by atoms with Crippen LogP contribution in [0.4, 0.5) is 4.79 Å². The van der Waals surface area contributed by atoms with E-state index < -0.39 is 11.7 Å². The molecule has 9 nitrogen and oxygen atoms in total. The number of ether oxygens (including phenoxy) is 3. The molecule has 0 aromatic carbocycles. The predicted molar refractivity (Wildman–Crippen MR) is 116 cm³/mol. The monoisotopic (exact) mass is 446 g/mol. The van der Waals surface area contributed by atoms with E-state index in [0.717, 1.165) is 44.2 Å². The van der Waals surface area contributed by atoms with Gasteiger partial charge in [-0.05, 0) is 59.3 Å². The second-order valence-corrected chi connectivity index (χ2v) is 9.89. The molecule has 1 N–H and O–H groups in total. The van der Waals surface area contributed by atoms with Crippen molar-refractivity contribution in [1.29, 1.82) is 0 Å². The van der Waals surface area contributed by atoms with Gasteiger partial charge in [0.05, 0.1) is 24.8 Å². The minimum Gasteiger partial charge on any atom is -0.466 e. The average molecular weight is 447 g/mol. The summed E-state index contributed by atoms with van der Waals surface area (Å²) in [4.78, 5) is 36.3. The minimum atomic E-state index is -0.587. The van der Waals surface area contributed by atoms with Gasteiger partial charge in [-0.15, -0.1) is 0 Å². The number of nitrogens with one attached hydrogen (secondary N) is 1. The Kier molecular flexibility index (Phi) is 6.83. The Morgan fingerprint density at radius 1 is 1.16 bits per heavy atom. The normalized spacial score (nSPS) is 28.8. The molecular formula is C23H34N4O5. The number of amides is 2. The summed E-state index contributed by atoms with van der Waals surface area (Å²) in [5.41, 5.74) is 0.244. The van der Waals surface area contributed by atoms with E-state index >= 15 is 0 Å². The molecule has 2 fully saturated rings. The fourth-order valence-corrected chi connectivity index (χ4v) is 4.88. The van der Waals surface area contributed by atoms with E-state index in [0.29, 0.717) is 19.0 Å². The van der Waals surface area contributed by atoms with E-state index in [9.17, 15) is 9.59 Å². The first-order chi connectivity index (χ1) is 15.3. The maximum atomic E-state index is 13.2. The third kappa shape index (κ3) is 5.49. The topological polar surface area (TPSA) is 103 Å². The highest BCUT2D eigenvalue weighted by molar-refractivity contribution is 5.78. The van der Waals surface area contributed by atoms with Gasteiger partial charge in [-0.2, -0.15) is 0 Å². The van der Waals surface area contributed by atoms with Crippen molar-refractivity contribution in [3.05, 3.63) is 18.1 Å². The number of carbonyl (C=O) groups is 2. The molecular weight excluding hydrogens is 412 g/mol. The van der Waals surface area contributed by atoms with Crippen LogP contribution >= 0.6 is 0 Å². The number of carbonyl (C=O) groups excluding carboxylic acids is 2. The predicted octanol–water partition coefficient (Wildman–Crippen LogP) is 2.80. The molecule has 4 aliphatic rings. The van der Waals surface area contributed by atoms with Gasteiger partial charge in [0.15, 0.2) is 6.61 Å². The molecule has 1 aromatic rings. The van der Waals surface area contributed by atoms with Gasteiger partial charge in [-0.3, -0.25) is 9.78 Å². The summed E-state index contributed by atoms with van der Waals surface area (Å²) in [6.07, 6.45) is 8.22. The summed E-state index contributed by atoms with van der Waals surface area (Å²) in [5, 5.41) is 2.98. The van der Waals surface area contributed by atoms with E-state index in [1.165, 1.54) is 0 Å². The Labute approximate surface area is 189 Å². The van der Waals surface area contributed by atoms with Gasteiger partial charge in [0.25, 0.3) is 5.91 Å². The van der Waals surface area contributed by atoms with Crippen LogP contribution in [0.3, 0.4) is 0 Å². The summed E-state index contributed by atoms with van der Waals surface area (Å²) in [7, 11) is 0. The van der Waals surface area contributed by atoms with E-state index in [-0.39, 0.29) is 36.6 Å². The lowest BCUT2D eigenvalue weighted by Crippen LogP contribution is -2.60. The zero-order valence-electron chi connectivity index (χ0n) is 19.2. The second-order valence-electron chi connectivity index (χ2n) is 9.89.